The van der Waals surface area contributed by atoms with E-state index >= 15 is 0 Å². The predicted molar refractivity (Wildman–Crippen MR) is 84.3 cm³/mol. The molecule has 0 aliphatic heterocycles. The van der Waals surface area contributed by atoms with Crippen molar-refractivity contribution in [2.75, 3.05) is 32.1 Å². The number of rotatable bonds is 7. The zero-order valence-electron chi connectivity index (χ0n) is 13.3. The molecule has 1 aromatic carbocycles. The van der Waals surface area contributed by atoms with Crippen LogP contribution in [0.25, 0.3) is 0 Å². The number of likely N-dealkylation sites (N-methyl/N-ethyl adjacent to an activating group) is 1. The Balaban J connectivity index is 2.29. The van der Waals surface area contributed by atoms with Crippen LogP contribution >= 0.6 is 0 Å². The van der Waals surface area contributed by atoms with Gasteiger partial charge in [-0.1, -0.05) is 18.2 Å². The Morgan fingerprint density at radius 1 is 1.33 bits per heavy atom. The maximum atomic E-state index is 11.9. The fourth-order valence-corrected chi connectivity index (χ4v) is 1.79. The number of carbonyl (C=O) groups is 1. The van der Waals surface area contributed by atoms with Crippen molar-refractivity contribution in [2.24, 2.45) is 0 Å². The third-order valence-corrected chi connectivity index (χ3v) is 2.70. The quantitative estimate of drug-likeness (QED) is 0.804. The van der Waals surface area contributed by atoms with E-state index in [1.165, 1.54) is 0 Å². The normalized spacial score (nSPS) is 13.2. The molecule has 0 bridgehead atoms. The molecule has 0 aliphatic carbocycles. The Morgan fingerprint density at radius 2 is 1.95 bits per heavy atom. The summed E-state index contributed by atoms with van der Waals surface area (Å²) in [4.78, 5) is 13.6. The van der Waals surface area contributed by atoms with Gasteiger partial charge in [-0.3, -0.25) is 9.69 Å². The molecule has 5 nitrogen and oxygen atoms in total. The van der Waals surface area contributed by atoms with Crippen molar-refractivity contribution < 1.29 is 14.6 Å². The van der Waals surface area contributed by atoms with E-state index in [0.717, 1.165) is 5.69 Å². The molecule has 2 N–H and O–H groups in total. The number of aliphatic hydroxyl groups excluding tert-OH is 1. The summed E-state index contributed by atoms with van der Waals surface area (Å²) in [6.45, 7) is 6.69. The zero-order chi connectivity index (χ0) is 15.9. The molecule has 0 aliphatic rings. The monoisotopic (exact) mass is 294 g/mol. The SMILES string of the molecule is CN(CC(=O)Nc1ccccc1)CC(O)COC(C)(C)C. The first-order valence-corrected chi connectivity index (χ1v) is 7.12. The maximum absolute atomic E-state index is 11.9. The van der Waals surface area contributed by atoms with Crippen molar-refractivity contribution in [3.63, 3.8) is 0 Å². The lowest BCUT2D eigenvalue weighted by atomic mass is 10.2. The molecule has 0 fully saturated rings. The summed E-state index contributed by atoms with van der Waals surface area (Å²) < 4.78 is 5.52. The van der Waals surface area contributed by atoms with E-state index in [1.807, 2.05) is 51.1 Å². The minimum atomic E-state index is -0.612. The van der Waals surface area contributed by atoms with Gasteiger partial charge in [0.1, 0.15) is 0 Å². The number of carbonyl (C=O) groups excluding carboxylic acids is 1. The van der Waals surface area contributed by atoms with Gasteiger partial charge in [0.25, 0.3) is 0 Å². The van der Waals surface area contributed by atoms with Gasteiger partial charge in [0.05, 0.1) is 24.9 Å². The standard InChI is InChI=1S/C16H26N2O3/c1-16(2,3)21-12-14(19)10-18(4)11-15(20)17-13-8-6-5-7-9-13/h5-9,14,19H,10-12H2,1-4H3,(H,17,20). The molecule has 0 saturated carbocycles. The minimum Gasteiger partial charge on any atom is -0.389 e. The maximum Gasteiger partial charge on any atom is 0.238 e. The topological polar surface area (TPSA) is 61.8 Å². The highest BCUT2D eigenvalue weighted by molar-refractivity contribution is 5.92. The molecule has 1 unspecified atom stereocenters. The Bertz CT molecular complexity index is 429. The van der Waals surface area contributed by atoms with E-state index < -0.39 is 6.10 Å². The van der Waals surface area contributed by atoms with E-state index in [0.29, 0.717) is 6.54 Å². The van der Waals surface area contributed by atoms with Crippen molar-refractivity contribution in [1.82, 2.24) is 4.90 Å². The van der Waals surface area contributed by atoms with Crippen molar-refractivity contribution >= 4 is 11.6 Å². The molecular formula is C16H26N2O3. The Labute approximate surface area is 126 Å². The van der Waals surface area contributed by atoms with Crippen molar-refractivity contribution in [1.29, 1.82) is 0 Å². The molecular weight excluding hydrogens is 268 g/mol. The number of benzene rings is 1. The number of anilines is 1. The highest BCUT2D eigenvalue weighted by atomic mass is 16.5. The first-order valence-electron chi connectivity index (χ1n) is 7.12. The van der Waals surface area contributed by atoms with Crippen molar-refractivity contribution in [3.8, 4) is 0 Å². The summed E-state index contributed by atoms with van der Waals surface area (Å²) in [5, 5.41) is 12.7. The molecule has 0 saturated heterocycles. The van der Waals surface area contributed by atoms with Crippen molar-refractivity contribution in [2.45, 2.75) is 32.5 Å². The van der Waals surface area contributed by atoms with E-state index in [-0.39, 0.29) is 24.7 Å². The first-order chi connectivity index (χ1) is 9.76. The van der Waals surface area contributed by atoms with Gasteiger partial charge in [-0.2, -0.15) is 0 Å². The Kier molecular flexibility index (Phi) is 6.81. The average molecular weight is 294 g/mol. The second-order valence-corrected chi connectivity index (χ2v) is 6.19. The van der Waals surface area contributed by atoms with Crippen LogP contribution < -0.4 is 5.32 Å². The van der Waals surface area contributed by atoms with Gasteiger partial charge in [0.15, 0.2) is 0 Å². The van der Waals surface area contributed by atoms with Crippen LogP contribution in [0.15, 0.2) is 30.3 Å². The lowest BCUT2D eigenvalue weighted by Gasteiger charge is -2.24. The van der Waals surface area contributed by atoms with E-state index in [9.17, 15) is 9.90 Å². The van der Waals surface area contributed by atoms with Crippen LogP contribution in [0, 0.1) is 0 Å². The van der Waals surface area contributed by atoms with Crippen LogP contribution in [0.4, 0.5) is 5.69 Å². The molecule has 1 atom stereocenters. The molecule has 1 rings (SSSR count). The van der Waals surface area contributed by atoms with Crippen LogP contribution in [0.2, 0.25) is 0 Å². The molecule has 1 aromatic rings. The van der Waals surface area contributed by atoms with Gasteiger partial charge >= 0.3 is 0 Å². The van der Waals surface area contributed by atoms with Crippen molar-refractivity contribution in [3.05, 3.63) is 30.3 Å². The zero-order valence-corrected chi connectivity index (χ0v) is 13.3. The lowest BCUT2D eigenvalue weighted by molar-refractivity contribution is -0.117. The number of amides is 1. The summed E-state index contributed by atoms with van der Waals surface area (Å²) >= 11 is 0. The number of hydrogen-bond donors (Lipinski definition) is 2. The van der Waals surface area contributed by atoms with Gasteiger partial charge < -0.3 is 15.2 Å². The molecule has 118 valence electrons. The fraction of sp³-hybridized carbons (Fsp3) is 0.562. The molecule has 21 heavy (non-hydrogen) atoms. The number of aliphatic hydroxyl groups is 1. The number of nitrogens with zero attached hydrogens (tertiary/aromatic N) is 1. The minimum absolute atomic E-state index is 0.104. The van der Waals surface area contributed by atoms with E-state index in [1.54, 1.807) is 11.9 Å². The Morgan fingerprint density at radius 3 is 2.52 bits per heavy atom. The van der Waals surface area contributed by atoms with Gasteiger partial charge in [0.2, 0.25) is 5.91 Å². The van der Waals surface area contributed by atoms with Crippen LogP contribution in [0.5, 0.6) is 0 Å². The van der Waals surface area contributed by atoms with E-state index in [4.69, 9.17) is 4.74 Å². The van der Waals surface area contributed by atoms with Gasteiger partial charge in [-0.05, 0) is 40.0 Å². The van der Waals surface area contributed by atoms with Crippen LogP contribution in [-0.2, 0) is 9.53 Å². The fourth-order valence-electron chi connectivity index (χ4n) is 1.79. The molecule has 0 radical (unpaired) electrons. The number of para-hydroxylation sites is 1. The third-order valence-electron chi connectivity index (χ3n) is 2.70. The van der Waals surface area contributed by atoms with E-state index in [2.05, 4.69) is 5.32 Å². The highest BCUT2D eigenvalue weighted by Gasteiger charge is 2.16. The summed E-state index contributed by atoms with van der Waals surface area (Å²) in [7, 11) is 1.80. The molecule has 0 spiro atoms. The van der Waals surface area contributed by atoms with Gasteiger partial charge in [-0.25, -0.2) is 0 Å². The van der Waals surface area contributed by atoms with Crippen LogP contribution in [0.3, 0.4) is 0 Å². The number of hydrogen-bond acceptors (Lipinski definition) is 4. The summed E-state index contributed by atoms with van der Waals surface area (Å²) in [5.74, 6) is -0.104. The van der Waals surface area contributed by atoms with Gasteiger partial charge in [0, 0.05) is 12.2 Å². The Hall–Kier alpha value is -1.43. The second kappa shape index (κ2) is 8.12. The molecule has 0 aromatic heterocycles. The smallest absolute Gasteiger partial charge is 0.238 e. The third kappa shape index (κ3) is 8.45. The van der Waals surface area contributed by atoms with Gasteiger partial charge in [-0.15, -0.1) is 0 Å². The highest BCUT2D eigenvalue weighted by Crippen LogP contribution is 2.08. The second-order valence-electron chi connectivity index (χ2n) is 6.19. The first kappa shape index (κ1) is 17.6. The van der Waals surface area contributed by atoms with Crippen LogP contribution in [-0.4, -0.2) is 54.4 Å². The largest absolute Gasteiger partial charge is 0.389 e. The molecule has 5 heteroatoms. The summed E-state index contributed by atoms with van der Waals surface area (Å²) in [5.41, 5.74) is 0.497. The number of nitrogens with one attached hydrogen (secondary N) is 1. The summed E-state index contributed by atoms with van der Waals surface area (Å²) in [6, 6.07) is 9.31. The lowest BCUT2D eigenvalue weighted by Crippen LogP contribution is -2.38. The molecule has 0 heterocycles. The average Bonchev–Trinajstić information content (AvgIpc) is 2.36. The van der Waals surface area contributed by atoms with Crippen LogP contribution in [0.1, 0.15) is 20.8 Å². The summed E-state index contributed by atoms with van der Waals surface area (Å²) in [6.07, 6.45) is -0.612. The number of ether oxygens (including phenoxy) is 1. The molecule has 1 amide bonds. The predicted octanol–water partition coefficient (Wildman–Crippen LogP) is 1.73.